The van der Waals surface area contributed by atoms with Gasteiger partial charge in [-0.05, 0) is 70.1 Å². The average molecular weight is 477 g/mol. The Morgan fingerprint density at radius 3 is 2.33 bits per heavy atom. The smallest absolute Gasteiger partial charge is 0.307 e. The Morgan fingerprint density at radius 2 is 1.58 bits per heavy atom. The topological polar surface area (TPSA) is 66.8 Å². The molecule has 5 rings (SSSR count). The molecule has 4 aromatic rings. The molecule has 0 bridgehead atoms. The maximum Gasteiger partial charge on any atom is 0.307 e. The van der Waals surface area contributed by atoms with Gasteiger partial charge in [-0.25, -0.2) is 0 Å². The molecule has 1 aliphatic carbocycles. The van der Waals surface area contributed by atoms with Gasteiger partial charge in [0.05, 0.1) is 16.5 Å². The predicted octanol–water partition coefficient (Wildman–Crippen LogP) is 7.36. The molecule has 4 aromatic carbocycles. The first-order chi connectivity index (χ1) is 15.9. The number of benzene rings is 4. The highest BCUT2D eigenvalue weighted by molar-refractivity contribution is 6.37. The summed E-state index contributed by atoms with van der Waals surface area (Å²) in [6, 6.07) is 22.5. The summed E-state index contributed by atoms with van der Waals surface area (Å²) in [5.74, 6) is -0.168. The van der Waals surface area contributed by atoms with Crippen LogP contribution in [0, 0.1) is 0 Å². The van der Waals surface area contributed by atoms with E-state index in [2.05, 4.69) is 24.3 Å². The summed E-state index contributed by atoms with van der Waals surface area (Å²) in [7, 11) is 0. The second kappa shape index (κ2) is 8.47. The molecule has 4 nitrogen and oxygen atoms in total. The number of fused-ring (bicyclic) bond motifs is 3. The molecular weight excluding hydrogens is 459 g/mol. The molecule has 0 amide bonds. The highest BCUT2D eigenvalue weighted by Gasteiger charge is 2.19. The first-order valence-electron chi connectivity index (χ1n) is 10.3. The van der Waals surface area contributed by atoms with E-state index in [0.717, 1.165) is 12.0 Å². The predicted molar refractivity (Wildman–Crippen MR) is 130 cm³/mol. The van der Waals surface area contributed by atoms with E-state index in [-0.39, 0.29) is 28.0 Å². The monoisotopic (exact) mass is 476 g/mol. The standard InChI is InChI=1S/C27H18Cl2O4/c28-23-9-15(11-26(31)32)10-24(29)27(23)33-19-6-8-25(30)22(14-19)17-5-7-21-18(13-17)12-16-3-1-2-4-20(16)21/h1-10,13-14,30H,11-12H2,(H,31,32). The van der Waals surface area contributed by atoms with Crippen LogP contribution in [-0.2, 0) is 17.6 Å². The zero-order chi connectivity index (χ0) is 23.1. The van der Waals surface area contributed by atoms with Gasteiger partial charge in [-0.15, -0.1) is 0 Å². The van der Waals surface area contributed by atoms with Gasteiger partial charge >= 0.3 is 5.97 Å². The van der Waals surface area contributed by atoms with Gasteiger partial charge in [0, 0.05) is 5.56 Å². The number of phenols is 1. The van der Waals surface area contributed by atoms with Crippen LogP contribution in [0.15, 0.2) is 72.8 Å². The van der Waals surface area contributed by atoms with Gasteiger partial charge in [-0.1, -0.05) is 65.7 Å². The number of carboxylic acid groups (broad SMARTS) is 1. The number of rotatable bonds is 5. The van der Waals surface area contributed by atoms with Crippen molar-refractivity contribution in [2.75, 3.05) is 0 Å². The third-order valence-electron chi connectivity index (χ3n) is 5.71. The fraction of sp³-hybridized carbons (Fsp3) is 0.0741. The minimum absolute atomic E-state index is 0.131. The molecule has 0 atom stereocenters. The Hall–Kier alpha value is -3.47. The van der Waals surface area contributed by atoms with E-state index in [0.29, 0.717) is 16.9 Å². The third-order valence-corrected chi connectivity index (χ3v) is 6.27. The van der Waals surface area contributed by atoms with Crippen LogP contribution in [-0.4, -0.2) is 16.2 Å². The Kier molecular flexibility index (Phi) is 5.49. The van der Waals surface area contributed by atoms with E-state index in [4.69, 9.17) is 33.0 Å². The molecule has 0 spiro atoms. The SMILES string of the molecule is O=C(O)Cc1cc(Cl)c(Oc2ccc(O)c(-c3ccc4c(c3)Cc3ccccc3-4)c2)c(Cl)c1. The lowest BCUT2D eigenvalue weighted by Crippen LogP contribution is -2.00. The first-order valence-corrected chi connectivity index (χ1v) is 11.1. The Bertz CT molecular complexity index is 1390. The summed E-state index contributed by atoms with van der Waals surface area (Å²) in [6.07, 6.45) is 0.662. The van der Waals surface area contributed by atoms with Crippen molar-refractivity contribution < 1.29 is 19.7 Å². The zero-order valence-corrected chi connectivity index (χ0v) is 18.8. The molecule has 0 aliphatic heterocycles. The van der Waals surface area contributed by atoms with Crippen molar-refractivity contribution in [1.29, 1.82) is 0 Å². The van der Waals surface area contributed by atoms with E-state index in [1.54, 1.807) is 18.2 Å². The normalized spacial score (nSPS) is 11.7. The van der Waals surface area contributed by atoms with Crippen LogP contribution in [0.5, 0.6) is 17.2 Å². The number of hydrogen-bond donors (Lipinski definition) is 2. The summed E-state index contributed by atoms with van der Waals surface area (Å²) < 4.78 is 5.94. The van der Waals surface area contributed by atoms with Crippen LogP contribution in [0.4, 0.5) is 0 Å². The molecule has 0 heterocycles. The van der Waals surface area contributed by atoms with E-state index < -0.39 is 5.97 Å². The van der Waals surface area contributed by atoms with Gasteiger partial charge in [0.15, 0.2) is 5.75 Å². The van der Waals surface area contributed by atoms with Crippen molar-refractivity contribution in [3.63, 3.8) is 0 Å². The highest BCUT2D eigenvalue weighted by atomic mass is 35.5. The van der Waals surface area contributed by atoms with Gasteiger partial charge in [0.1, 0.15) is 11.5 Å². The molecule has 6 heteroatoms. The van der Waals surface area contributed by atoms with Crippen molar-refractivity contribution in [1.82, 2.24) is 0 Å². The van der Waals surface area contributed by atoms with Gasteiger partial charge in [-0.2, -0.15) is 0 Å². The molecule has 1 aliphatic rings. The highest BCUT2D eigenvalue weighted by Crippen LogP contribution is 2.42. The van der Waals surface area contributed by atoms with Crippen LogP contribution in [0.1, 0.15) is 16.7 Å². The van der Waals surface area contributed by atoms with Gasteiger partial charge in [0.25, 0.3) is 0 Å². The van der Waals surface area contributed by atoms with Crippen LogP contribution in [0.25, 0.3) is 22.3 Å². The molecule has 33 heavy (non-hydrogen) atoms. The summed E-state index contributed by atoms with van der Waals surface area (Å²) in [5.41, 5.74) is 6.94. The average Bonchev–Trinajstić information content (AvgIpc) is 3.14. The summed E-state index contributed by atoms with van der Waals surface area (Å²) in [6.45, 7) is 0. The van der Waals surface area contributed by atoms with Gasteiger partial charge < -0.3 is 14.9 Å². The van der Waals surface area contributed by atoms with Crippen LogP contribution < -0.4 is 4.74 Å². The Balaban J connectivity index is 1.47. The molecule has 0 aromatic heterocycles. The van der Waals surface area contributed by atoms with Gasteiger partial charge in [-0.3, -0.25) is 4.79 Å². The van der Waals surface area contributed by atoms with E-state index in [9.17, 15) is 9.90 Å². The van der Waals surface area contributed by atoms with Crippen LogP contribution in [0.2, 0.25) is 10.0 Å². The van der Waals surface area contributed by atoms with Gasteiger partial charge in [0.2, 0.25) is 0 Å². The Morgan fingerprint density at radius 1 is 0.848 bits per heavy atom. The fourth-order valence-electron chi connectivity index (χ4n) is 4.23. The summed E-state index contributed by atoms with van der Waals surface area (Å²) in [4.78, 5) is 11.0. The number of halogens is 2. The molecule has 0 saturated heterocycles. The molecule has 0 unspecified atom stereocenters. The van der Waals surface area contributed by atoms with E-state index in [1.807, 2.05) is 18.2 Å². The number of aromatic hydroxyl groups is 1. The largest absolute Gasteiger partial charge is 0.507 e. The van der Waals surface area contributed by atoms with Crippen molar-refractivity contribution in [3.05, 3.63) is 99.5 Å². The first kappa shape index (κ1) is 21.4. The van der Waals surface area contributed by atoms with Crippen LogP contribution in [0.3, 0.4) is 0 Å². The van der Waals surface area contributed by atoms with Crippen molar-refractivity contribution in [3.8, 4) is 39.5 Å². The van der Waals surface area contributed by atoms with Crippen molar-refractivity contribution >= 4 is 29.2 Å². The number of ether oxygens (including phenoxy) is 1. The fourth-order valence-corrected chi connectivity index (χ4v) is 4.84. The second-order valence-electron chi connectivity index (χ2n) is 7.95. The lowest BCUT2D eigenvalue weighted by atomic mass is 9.98. The number of hydrogen-bond acceptors (Lipinski definition) is 3. The maximum atomic E-state index is 11.0. The van der Waals surface area contributed by atoms with Crippen molar-refractivity contribution in [2.24, 2.45) is 0 Å². The molecule has 164 valence electrons. The molecule has 0 saturated carbocycles. The van der Waals surface area contributed by atoms with Crippen molar-refractivity contribution in [2.45, 2.75) is 12.8 Å². The van der Waals surface area contributed by atoms with E-state index in [1.165, 1.54) is 34.4 Å². The quantitative estimate of drug-likeness (QED) is 0.278. The maximum absolute atomic E-state index is 11.0. The zero-order valence-electron chi connectivity index (χ0n) is 17.3. The number of carbonyl (C=O) groups is 1. The second-order valence-corrected chi connectivity index (χ2v) is 8.76. The minimum atomic E-state index is -0.976. The molecule has 0 fully saturated rings. The lowest BCUT2D eigenvalue weighted by molar-refractivity contribution is -0.136. The lowest BCUT2D eigenvalue weighted by Gasteiger charge is -2.13. The number of aliphatic carboxylic acids is 1. The Labute approximate surface area is 200 Å². The van der Waals surface area contributed by atoms with E-state index >= 15 is 0 Å². The van der Waals surface area contributed by atoms with Crippen LogP contribution >= 0.6 is 23.2 Å². The molecular formula is C27H18Cl2O4. The molecule has 0 radical (unpaired) electrons. The number of carboxylic acids is 1. The minimum Gasteiger partial charge on any atom is -0.507 e. The third kappa shape index (κ3) is 4.15. The number of phenolic OH excluding ortho intramolecular Hbond substituents is 1. The summed E-state index contributed by atoms with van der Waals surface area (Å²) >= 11 is 12.6. The summed E-state index contributed by atoms with van der Waals surface area (Å²) in [5, 5.41) is 20.0. The molecule has 2 N–H and O–H groups in total.